The number of ether oxygens (including phenoxy) is 1. The second-order valence-electron chi connectivity index (χ2n) is 7.05. The Balaban J connectivity index is 1.33. The lowest BCUT2D eigenvalue weighted by Gasteiger charge is -2.37. The van der Waals surface area contributed by atoms with E-state index in [9.17, 15) is 4.79 Å². The summed E-state index contributed by atoms with van der Waals surface area (Å²) >= 11 is 0. The molecule has 4 heteroatoms. The summed E-state index contributed by atoms with van der Waals surface area (Å²) in [6.45, 7) is 3.71. The standard InChI is InChI=1S/C21H24N2O2/c24-20-23(19-9-5-2-6-10-19)17-21(25-20)12-15-22(16-13-21)14-11-18-7-3-1-4-8-18/h1-10H,11-17H2. The topological polar surface area (TPSA) is 32.8 Å². The highest BCUT2D eigenvalue weighted by Crippen LogP contribution is 2.35. The quantitative estimate of drug-likeness (QED) is 0.853. The van der Waals surface area contributed by atoms with Crippen molar-refractivity contribution in [1.29, 1.82) is 0 Å². The van der Waals surface area contributed by atoms with Crippen molar-refractivity contribution >= 4 is 11.8 Å². The van der Waals surface area contributed by atoms with Gasteiger partial charge in [-0.1, -0.05) is 48.5 Å². The lowest BCUT2D eigenvalue weighted by atomic mass is 9.91. The number of rotatable bonds is 4. The molecule has 1 spiro atoms. The minimum Gasteiger partial charge on any atom is -0.441 e. The Morgan fingerprint density at radius 3 is 2.24 bits per heavy atom. The molecule has 25 heavy (non-hydrogen) atoms. The third kappa shape index (κ3) is 3.54. The number of para-hydroxylation sites is 1. The maximum atomic E-state index is 12.3. The minimum absolute atomic E-state index is 0.205. The Kier molecular flexibility index (Phi) is 4.45. The number of nitrogens with zero attached hydrogens (tertiary/aromatic N) is 2. The lowest BCUT2D eigenvalue weighted by Crippen LogP contribution is -2.47. The van der Waals surface area contributed by atoms with Gasteiger partial charge in [0, 0.05) is 38.2 Å². The molecule has 2 fully saturated rings. The van der Waals surface area contributed by atoms with Crippen molar-refractivity contribution in [3.63, 3.8) is 0 Å². The van der Waals surface area contributed by atoms with Crippen LogP contribution >= 0.6 is 0 Å². The highest BCUT2D eigenvalue weighted by atomic mass is 16.6. The summed E-state index contributed by atoms with van der Waals surface area (Å²) in [6, 6.07) is 20.4. The molecule has 2 aliphatic heterocycles. The molecule has 0 unspecified atom stereocenters. The zero-order chi connectivity index (χ0) is 17.1. The predicted molar refractivity (Wildman–Crippen MR) is 98.8 cm³/mol. The number of carbonyl (C=O) groups excluding carboxylic acids is 1. The van der Waals surface area contributed by atoms with E-state index in [0.717, 1.165) is 44.6 Å². The Hall–Kier alpha value is -2.33. The maximum Gasteiger partial charge on any atom is 0.415 e. The molecule has 0 bridgehead atoms. The van der Waals surface area contributed by atoms with E-state index in [2.05, 4.69) is 35.2 Å². The number of likely N-dealkylation sites (tertiary alicyclic amines) is 1. The van der Waals surface area contributed by atoms with Gasteiger partial charge in [0.1, 0.15) is 5.60 Å². The lowest BCUT2D eigenvalue weighted by molar-refractivity contribution is 0.00127. The second-order valence-corrected chi connectivity index (χ2v) is 7.05. The van der Waals surface area contributed by atoms with Crippen LogP contribution in [0.5, 0.6) is 0 Å². The first-order chi connectivity index (χ1) is 12.2. The maximum absolute atomic E-state index is 12.3. The van der Waals surface area contributed by atoms with Crippen LogP contribution in [0, 0.1) is 0 Å². The fourth-order valence-electron chi connectivity index (χ4n) is 3.81. The van der Waals surface area contributed by atoms with E-state index >= 15 is 0 Å². The van der Waals surface area contributed by atoms with Crippen LogP contribution in [0.2, 0.25) is 0 Å². The molecule has 1 amide bonds. The first kappa shape index (κ1) is 16.2. The van der Waals surface area contributed by atoms with Crippen molar-refractivity contribution in [3.8, 4) is 0 Å². The summed E-state index contributed by atoms with van der Waals surface area (Å²) in [5, 5.41) is 0. The first-order valence-corrected chi connectivity index (χ1v) is 9.06. The summed E-state index contributed by atoms with van der Waals surface area (Å²) in [5.74, 6) is 0. The van der Waals surface area contributed by atoms with E-state index in [1.54, 1.807) is 4.90 Å². The van der Waals surface area contributed by atoms with Crippen molar-refractivity contribution < 1.29 is 9.53 Å². The molecule has 2 aromatic carbocycles. The Bertz CT molecular complexity index is 709. The van der Waals surface area contributed by atoms with Gasteiger partial charge in [-0.25, -0.2) is 4.79 Å². The summed E-state index contributed by atoms with van der Waals surface area (Å²) in [4.78, 5) is 16.6. The van der Waals surface area contributed by atoms with Gasteiger partial charge in [0.25, 0.3) is 0 Å². The van der Waals surface area contributed by atoms with Crippen LogP contribution in [-0.2, 0) is 11.2 Å². The van der Waals surface area contributed by atoms with E-state index < -0.39 is 0 Å². The van der Waals surface area contributed by atoms with Crippen LogP contribution in [-0.4, -0.2) is 42.8 Å². The van der Waals surface area contributed by atoms with Crippen molar-refractivity contribution in [1.82, 2.24) is 4.90 Å². The SMILES string of the molecule is O=C1OC2(CCN(CCc3ccccc3)CC2)CN1c1ccccc1. The predicted octanol–water partition coefficient (Wildman–Crippen LogP) is 3.72. The van der Waals surface area contributed by atoms with Crippen LogP contribution in [0.15, 0.2) is 60.7 Å². The van der Waals surface area contributed by atoms with E-state index in [0.29, 0.717) is 6.54 Å². The Labute approximate surface area is 149 Å². The third-order valence-corrected chi connectivity index (χ3v) is 5.37. The fourth-order valence-corrected chi connectivity index (χ4v) is 3.81. The largest absolute Gasteiger partial charge is 0.441 e. The molecule has 2 heterocycles. The molecule has 2 aliphatic rings. The van der Waals surface area contributed by atoms with Crippen molar-refractivity contribution in [2.24, 2.45) is 0 Å². The van der Waals surface area contributed by atoms with Gasteiger partial charge < -0.3 is 9.64 Å². The fraction of sp³-hybridized carbons (Fsp3) is 0.381. The van der Waals surface area contributed by atoms with Gasteiger partial charge >= 0.3 is 6.09 Å². The highest BCUT2D eigenvalue weighted by Gasteiger charge is 2.47. The number of benzene rings is 2. The van der Waals surface area contributed by atoms with Gasteiger partial charge in [-0.15, -0.1) is 0 Å². The van der Waals surface area contributed by atoms with Crippen LogP contribution in [0.3, 0.4) is 0 Å². The van der Waals surface area contributed by atoms with Gasteiger partial charge in [-0.3, -0.25) is 4.90 Å². The monoisotopic (exact) mass is 336 g/mol. The molecule has 0 radical (unpaired) electrons. The van der Waals surface area contributed by atoms with Crippen molar-refractivity contribution in [2.75, 3.05) is 31.1 Å². The summed E-state index contributed by atoms with van der Waals surface area (Å²) in [5.41, 5.74) is 2.00. The van der Waals surface area contributed by atoms with Gasteiger partial charge in [-0.05, 0) is 24.1 Å². The molecule has 2 aromatic rings. The number of hydrogen-bond donors (Lipinski definition) is 0. The van der Waals surface area contributed by atoms with Crippen LogP contribution in [0.25, 0.3) is 0 Å². The van der Waals surface area contributed by atoms with Crippen molar-refractivity contribution in [2.45, 2.75) is 24.9 Å². The molecule has 4 nitrogen and oxygen atoms in total. The van der Waals surface area contributed by atoms with Gasteiger partial charge in [-0.2, -0.15) is 0 Å². The van der Waals surface area contributed by atoms with Gasteiger partial charge in [0.05, 0.1) is 6.54 Å². The number of piperidine rings is 1. The Morgan fingerprint density at radius 1 is 0.920 bits per heavy atom. The van der Waals surface area contributed by atoms with Crippen LogP contribution in [0.4, 0.5) is 10.5 Å². The summed E-state index contributed by atoms with van der Waals surface area (Å²) in [7, 11) is 0. The normalized spacial score (nSPS) is 20.0. The van der Waals surface area contributed by atoms with Crippen LogP contribution < -0.4 is 4.90 Å². The van der Waals surface area contributed by atoms with E-state index in [1.807, 2.05) is 30.3 Å². The third-order valence-electron chi connectivity index (χ3n) is 5.37. The number of anilines is 1. The molecule has 0 aromatic heterocycles. The molecule has 0 atom stereocenters. The highest BCUT2D eigenvalue weighted by molar-refractivity contribution is 5.90. The molecule has 0 N–H and O–H groups in total. The molecule has 0 aliphatic carbocycles. The van der Waals surface area contributed by atoms with Crippen molar-refractivity contribution in [3.05, 3.63) is 66.2 Å². The second kappa shape index (κ2) is 6.89. The minimum atomic E-state index is -0.309. The smallest absolute Gasteiger partial charge is 0.415 e. The van der Waals surface area contributed by atoms with Crippen LogP contribution in [0.1, 0.15) is 18.4 Å². The van der Waals surface area contributed by atoms with Gasteiger partial charge in [0.15, 0.2) is 0 Å². The number of carbonyl (C=O) groups is 1. The molecular formula is C21H24N2O2. The van der Waals surface area contributed by atoms with E-state index in [-0.39, 0.29) is 11.7 Å². The number of hydrogen-bond acceptors (Lipinski definition) is 3. The zero-order valence-corrected chi connectivity index (χ0v) is 14.4. The molecular weight excluding hydrogens is 312 g/mol. The molecule has 130 valence electrons. The summed E-state index contributed by atoms with van der Waals surface area (Å²) < 4.78 is 5.83. The average molecular weight is 336 g/mol. The molecule has 4 rings (SSSR count). The zero-order valence-electron chi connectivity index (χ0n) is 14.4. The Morgan fingerprint density at radius 2 is 1.56 bits per heavy atom. The first-order valence-electron chi connectivity index (χ1n) is 9.06. The molecule has 0 saturated carbocycles. The summed E-state index contributed by atoms with van der Waals surface area (Å²) in [6.07, 6.45) is 2.70. The van der Waals surface area contributed by atoms with E-state index in [4.69, 9.17) is 4.74 Å². The van der Waals surface area contributed by atoms with E-state index in [1.165, 1.54) is 5.56 Å². The average Bonchev–Trinajstić information content (AvgIpc) is 2.99. The number of amides is 1. The molecule has 2 saturated heterocycles. The van der Waals surface area contributed by atoms with Gasteiger partial charge in [0.2, 0.25) is 0 Å².